The molecule has 2 aromatic rings. The maximum Gasteiger partial charge on any atom is 0.240 e. The Morgan fingerprint density at radius 2 is 1.28 bits per heavy atom. The molecule has 0 radical (unpaired) electrons. The molecule has 0 heterocycles. The topological polar surface area (TPSA) is 58.2 Å². The fourth-order valence-corrected chi connectivity index (χ4v) is 2.78. The zero-order chi connectivity index (χ0) is 18.2. The van der Waals surface area contributed by atoms with Crippen LogP contribution in [-0.4, -0.2) is 11.8 Å². The van der Waals surface area contributed by atoms with Crippen molar-refractivity contribution in [1.29, 1.82) is 0 Å². The Labute approximate surface area is 144 Å². The lowest BCUT2D eigenvalue weighted by Crippen LogP contribution is -2.36. The SMILES string of the molecule is Cc1cccc(C)c1NC(=O)C1(C(=O)Nc2c(F)cccc2F)CC1. The zero-order valence-corrected chi connectivity index (χ0v) is 14.0. The Kier molecular flexibility index (Phi) is 4.29. The predicted molar refractivity (Wildman–Crippen MR) is 91.2 cm³/mol. The Morgan fingerprint density at radius 3 is 1.76 bits per heavy atom. The van der Waals surface area contributed by atoms with Gasteiger partial charge in [-0.05, 0) is 49.9 Å². The molecule has 25 heavy (non-hydrogen) atoms. The summed E-state index contributed by atoms with van der Waals surface area (Å²) in [5, 5.41) is 5.02. The minimum atomic E-state index is -1.29. The number of aryl methyl sites for hydroxylation is 2. The first kappa shape index (κ1) is 17.1. The highest BCUT2D eigenvalue weighted by Crippen LogP contribution is 2.48. The smallest absolute Gasteiger partial charge is 0.240 e. The Hall–Kier alpha value is -2.76. The predicted octanol–water partition coefficient (Wildman–Crippen LogP) is 3.94. The van der Waals surface area contributed by atoms with Crippen molar-refractivity contribution < 1.29 is 18.4 Å². The molecule has 0 bridgehead atoms. The fourth-order valence-electron chi connectivity index (χ4n) is 2.78. The molecule has 0 aromatic heterocycles. The van der Waals surface area contributed by atoms with E-state index in [-0.39, 0.29) is 0 Å². The summed E-state index contributed by atoms with van der Waals surface area (Å²) in [5.41, 5.74) is 0.598. The van der Waals surface area contributed by atoms with Crippen LogP contribution in [-0.2, 0) is 9.59 Å². The molecule has 3 rings (SSSR count). The summed E-state index contributed by atoms with van der Waals surface area (Å²) >= 11 is 0. The van der Waals surface area contributed by atoms with Crippen molar-refractivity contribution in [2.45, 2.75) is 26.7 Å². The zero-order valence-electron chi connectivity index (χ0n) is 14.0. The van der Waals surface area contributed by atoms with Crippen LogP contribution in [0.3, 0.4) is 0 Å². The average molecular weight is 344 g/mol. The van der Waals surface area contributed by atoms with E-state index in [1.54, 1.807) is 0 Å². The number of amides is 2. The van der Waals surface area contributed by atoms with Crippen LogP contribution in [0.1, 0.15) is 24.0 Å². The molecule has 2 N–H and O–H groups in total. The van der Waals surface area contributed by atoms with Gasteiger partial charge in [-0.15, -0.1) is 0 Å². The number of para-hydroxylation sites is 2. The highest BCUT2D eigenvalue weighted by molar-refractivity contribution is 6.17. The maximum absolute atomic E-state index is 13.7. The van der Waals surface area contributed by atoms with Gasteiger partial charge in [-0.3, -0.25) is 9.59 Å². The second-order valence-electron chi connectivity index (χ2n) is 6.35. The molecule has 0 aliphatic heterocycles. The van der Waals surface area contributed by atoms with Crippen molar-refractivity contribution >= 4 is 23.2 Å². The van der Waals surface area contributed by atoms with Crippen molar-refractivity contribution in [2.75, 3.05) is 10.6 Å². The van der Waals surface area contributed by atoms with Crippen molar-refractivity contribution in [1.82, 2.24) is 0 Å². The van der Waals surface area contributed by atoms with Crippen LogP contribution in [0, 0.1) is 30.9 Å². The number of benzene rings is 2. The van der Waals surface area contributed by atoms with E-state index in [0.717, 1.165) is 23.3 Å². The van der Waals surface area contributed by atoms with Crippen LogP contribution in [0.15, 0.2) is 36.4 Å². The van der Waals surface area contributed by atoms with Gasteiger partial charge in [0, 0.05) is 5.69 Å². The first-order valence-electron chi connectivity index (χ1n) is 7.98. The third-order valence-electron chi connectivity index (χ3n) is 4.54. The average Bonchev–Trinajstić information content (AvgIpc) is 3.36. The molecule has 0 unspecified atom stereocenters. The number of hydrogen-bond acceptors (Lipinski definition) is 2. The summed E-state index contributed by atoms with van der Waals surface area (Å²) in [6.45, 7) is 3.72. The summed E-state index contributed by atoms with van der Waals surface area (Å²) in [7, 11) is 0. The molecular formula is C19H18F2N2O2. The normalized spacial score (nSPS) is 14.7. The molecule has 0 atom stereocenters. The molecule has 1 aliphatic rings. The number of carbonyl (C=O) groups is 2. The lowest BCUT2D eigenvalue weighted by molar-refractivity contribution is -0.131. The number of anilines is 2. The van der Waals surface area contributed by atoms with Gasteiger partial charge in [-0.25, -0.2) is 8.78 Å². The van der Waals surface area contributed by atoms with Crippen LogP contribution in [0.5, 0.6) is 0 Å². The highest BCUT2D eigenvalue weighted by atomic mass is 19.1. The van der Waals surface area contributed by atoms with Crippen LogP contribution in [0.4, 0.5) is 20.2 Å². The van der Waals surface area contributed by atoms with Crippen LogP contribution in [0.2, 0.25) is 0 Å². The van der Waals surface area contributed by atoms with Crippen molar-refractivity contribution in [3.63, 3.8) is 0 Å². The lowest BCUT2D eigenvalue weighted by atomic mass is 10.0. The molecule has 1 aliphatic carbocycles. The van der Waals surface area contributed by atoms with Gasteiger partial charge >= 0.3 is 0 Å². The largest absolute Gasteiger partial charge is 0.325 e. The third-order valence-corrected chi connectivity index (χ3v) is 4.54. The van der Waals surface area contributed by atoms with Gasteiger partial charge in [0.05, 0.1) is 0 Å². The number of rotatable bonds is 4. The molecule has 6 heteroatoms. The number of hydrogen-bond donors (Lipinski definition) is 2. The van der Waals surface area contributed by atoms with E-state index in [9.17, 15) is 18.4 Å². The Bertz CT molecular complexity index is 752. The lowest BCUT2D eigenvalue weighted by Gasteiger charge is -2.18. The standard InChI is InChI=1S/C19H18F2N2O2/c1-11-5-3-6-12(2)15(11)22-17(24)19(9-10-19)18(25)23-16-13(20)7-4-8-14(16)21/h3-8H,9-10H2,1-2H3,(H,22,24)(H,23,25). The summed E-state index contributed by atoms with van der Waals surface area (Å²) in [5.74, 6) is -2.90. The van der Waals surface area contributed by atoms with E-state index in [1.807, 2.05) is 32.0 Å². The minimum Gasteiger partial charge on any atom is -0.325 e. The first-order chi connectivity index (χ1) is 11.8. The summed E-state index contributed by atoms with van der Waals surface area (Å²) in [6, 6.07) is 8.90. The molecule has 2 aromatic carbocycles. The molecule has 130 valence electrons. The van der Waals surface area contributed by atoms with Gasteiger partial charge in [0.15, 0.2) is 0 Å². The van der Waals surface area contributed by atoms with E-state index in [0.29, 0.717) is 18.5 Å². The first-order valence-corrected chi connectivity index (χ1v) is 7.98. The highest BCUT2D eigenvalue weighted by Gasteiger charge is 2.56. The van der Waals surface area contributed by atoms with Gasteiger partial charge in [-0.2, -0.15) is 0 Å². The van der Waals surface area contributed by atoms with E-state index in [2.05, 4.69) is 10.6 Å². The van der Waals surface area contributed by atoms with Gasteiger partial charge in [0.25, 0.3) is 0 Å². The van der Waals surface area contributed by atoms with Crippen molar-refractivity contribution in [3.05, 3.63) is 59.2 Å². The number of halogens is 2. The van der Waals surface area contributed by atoms with Crippen molar-refractivity contribution in [2.24, 2.45) is 5.41 Å². The monoisotopic (exact) mass is 344 g/mol. The summed E-state index contributed by atoms with van der Waals surface area (Å²) in [4.78, 5) is 25.1. The van der Waals surface area contributed by atoms with E-state index in [4.69, 9.17) is 0 Å². The number of carbonyl (C=O) groups excluding carboxylic acids is 2. The Morgan fingerprint density at radius 1 is 0.840 bits per heavy atom. The minimum absolute atomic E-state index is 0.339. The van der Waals surface area contributed by atoms with Crippen LogP contribution in [0.25, 0.3) is 0 Å². The number of nitrogens with one attached hydrogen (secondary N) is 2. The molecule has 1 fully saturated rings. The Balaban J connectivity index is 1.80. The second-order valence-corrected chi connectivity index (χ2v) is 6.35. The van der Waals surface area contributed by atoms with Crippen LogP contribution < -0.4 is 10.6 Å². The maximum atomic E-state index is 13.7. The van der Waals surface area contributed by atoms with Gasteiger partial charge in [0.1, 0.15) is 22.7 Å². The molecule has 0 saturated heterocycles. The van der Waals surface area contributed by atoms with Gasteiger partial charge in [0.2, 0.25) is 11.8 Å². The quantitative estimate of drug-likeness (QED) is 0.826. The van der Waals surface area contributed by atoms with Crippen molar-refractivity contribution in [3.8, 4) is 0 Å². The van der Waals surface area contributed by atoms with E-state index in [1.165, 1.54) is 6.07 Å². The summed E-state index contributed by atoms with van der Waals surface area (Å²) in [6.07, 6.45) is 0.678. The summed E-state index contributed by atoms with van der Waals surface area (Å²) < 4.78 is 27.4. The fraction of sp³-hybridized carbons (Fsp3) is 0.263. The molecule has 1 saturated carbocycles. The van der Waals surface area contributed by atoms with Crippen LogP contribution >= 0.6 is 0 Å². The molecule has 2 amide bonds. The molecule has 4 nitrogen and oxygen atoms in total. The van der Waals surface area contributed by atoms with E-state index >= 15 is 0 Å². The van der Waals surface area contributed by atoms with E-state index < -0.39 is 34.6 Å². The van der Waals surface area contributed by atoms with Gasteiger partial charge < -0.3 is 10.6 Å². The van der Waals surface area contributed by atoms with Gasteiger partial charge in [-0.1, -0.05) is 24.3 Å². The molecule has 0 spiro atoms. The second kappa shape index (κ2) is 6.27. The third kappa shape index (κ3) is 3.12. The molecular weight excluding hydrogens is 326 g/mol.